The summed E-state index contributed by atoms with van der Waals surface area (Å²) in [6.07, 6.45) is 2.63. The SMILES string of the molecule is CCN(CC)CC1CCN(C(=O)C2CC2C(=O)O)CC1. The van der Waals surface area contributed by atoms with Gasteiger partial charge in [-0.3, -0.25) is 9.59 Å². The lowest BCUT2D eigenvalue weighted by Crippen LogP contribution is -2.42. The molecule has 1 saturated heterocycles. The minimum absolute atomic E-state index is 0.0682. The van der Waals surface area contributed by atoms with E-state index in [4.69, 9.17) is 5.11 Å². The van der Waals surface area contributed by atoms with Gasteiger partial charge in [0, 0.05) is 19.6 Å². The molecule has 0 bridgehead atoms. The summed E-state index contributed by atoms with van der Waals surface area (Å²) >= 11 is 0. The maximum absolute atomic E-state index is 12.2. The van der Waals surface area contributed by atoms with Crippen molar-refractivity contribution in [2.75, 3.05) is 32.7 Å². The normalized spacial score (nSPS) is 26.9. The molecule has 1 amide bonds. The summed E-state index contributed by atoms with van der Waals surface area (Å²) < 4.78 is 0. The van der Waals surface area contributed by atoms with Gasteiger partial charge in [0.2, 0.25) is 5.91 Å². The lowest BCUT2D eigenvalue weighted by atomic mass is 9.95. The van der Waals surface area contributed by atoms with Crippen molar-refractivity contribution in [3.63, 3.8) is 0 Å². The Balaban J connectivity index is 1.74. The van der Waals surface area contributed by atoms with Crippen LogP contribution in [0.2, 0.25) is 0 Å². The van der Waals surface area contributed by atoms with Crippen LogP contribution < -0.4 is 0 Å². The molecule has 1 heterocycles. The summed E-state index contributed by atoms with van der Waals surface area (Å²) in [5.74, 6) is -0.741. The van der Waals surface area contributed by atoms with E-state index in [9.17, 15) is 9.59 Å². The van der Waals surface area contributed by atoms with Gasteiger partial charge in [-0.05, 0) is 38.3 Å². The zero-order valence-electron chi connectivity index (χ0n) is 12.5. The average molecular weight is 282 g/mol. The fraction of sp³-hybridized carbons (Fsp3) is 0.867. The van der Waals surface area contributed by atoms with Crippen molar-refractivity contribution in [1.82, 2.24) is 9.80 Å². The molecule has 2 atom stereocenters. The summed E-state index contributed by atoms with van der Waals surface area (Å²) in [4.78, 5) is 27.3. The number of carboxylic acids is 1. The maximum atomic E-state index is 12.2. The van der Waals surface area contributed by atoms with Gasteiger partial charge in [0.25, 0.3) is 0 Å². The molecule has 0 aromatic heterocycles. The predicted molar refractivity (Wildman–Crippen MR) is 76.3 cm³/mol. The van der Waals surface area contributed by atoms with Crippen LogP contribution in [0.5, 0.6) is 0 Å². The molecule has 2 unspecified atom stereocenters. The first-order valence-corrected chi connectivity index (χ1v) is 7.80. The molecular formula is C15H26N2O3. The monoisotopic (exact) mass is 282 g/mol. The van der Waals surface area contributed by atoms with Crippen LogP contribution in [0.1, 0.15) is 33.1 Å². The van der Waals surface area contributed by atoms with E-state index in [1.54, 1.807) is 0 Å². The second-order valence-electron chi connectivity index (χ2n) is 6.04. The van der Waals surface area contributed by atoms with Crippen molar-refractivity contribution < 1.29 is 14.7 Å². The van der Waals surface area contributed by atoms with Crippen LogP contribution in [0, 0.1) is 17.8 Å². The van der Waals surface area contributed by atoms with E-state index in [1.165, 1.54) is 0 Å². The largest absolute Gasteiger partial charge is 0.481 e. The van der Waals surface area contributed by atoms with Gasteiger partial charge in [0.1, 0.15) is 0 Å². The second kappa shape index (κ2) is 6.57. The van der Waals surface area contributed by atoms with Gasteiger partial charge in [0.15, 0.2) is 0 Å². The van der Waals surface area contributed by atoms with E-state index >= 15 is 0 Å². The fourth-order valence-electron chi connectivity index (χ4n) is 3.16. The van der Waals surface area contributed by atoms with Crippen molar-refractivity contribution in [1.29, 1.82) is 0 Å². The Morgan fingerprint density at radius 3 is 2.20 bits per heavy atom. The molecule has 2 fully saturated rings. The quantitative estimate of drug-likeness (QED) is 0.797. The molecule has 1 aliphatic carbocycles. The van der Waals surface area contributed by atoms with Gasteiger partial charge >= 0.3 is 5.97 Å². The molecule has 0 aromatic carbocycles. The van der Waals surface area contributed by atoms with Crippen LogP contribution >= 0.6 is 0 Å². The Labute approximate surface area is 120 Å². The number of carboxylic acid groups (broad SMARTS) is 1. The van der Waals surface area contributed by atoms with Crippen LogP contribution in [0.25, 0.3) is 0 Å². The molecule has 2 rings (SSSR count). The van der Waals surface area contributed by atoms with Gasteiger partial charge in [-0.25, -0.2) is 0 Å². The van der Waals surface area contributed by atoms with Crippen molar-refractivity contribution in [3.8, 4) is 0 Å². The second-order valence-corrected chi connectivity index (χ2v) is 6.04. The van der Waals surface area contributed by atoms with Crippen LogP contribution in [-0.2, 0) is 9.59 Å². The number of carbonyl (C=O) groups excluding carboxylic acids is 1. The number of rotatable bonds is 6. The summed E-state index contributed by atoms with van der Waals surface area (Å²) in [5.41, 5.74) is 0. The first kappa shape index (κ1) is 15.3. The Kier molecular flexibility index (Phi) is 5.02. The fourth-order valence-corrected chi connectivity index (χ4v) is 3.16. The van der Waals surface area contributed by atoms with Crippen LogP contribution in [0.3, 0.4) is 0 Å². The highest BCUT2D eigenvalue weighted by Gasteiger charge is 2.50. The number of piperidine rings is 1. The molecule has 0 aromatic rings. The molecule has 20 heavy (non-hydrogen) atoms. The minimum Gasteiger partial charge on any atom is -0.481 e. The molecule has 0 radical (unpaired) electrons. The number of carbonyl (C=O) groups is 2. The molecule has 2 aliphatic rings. The standard InChI is InChI=1S/C15H26N2O3/c1-3-16(4-2)10-11-5-7-17(8-6-11)14(18)12-9-13(12)15(19)20/h11-13H,3-10H2,1-2H3,(H,19,20). The summed E-state index contributed by atoms with van der Waals surface area (Å²) in [5, 5.41) is 8.89. The van der Waals surface area contributed by atoms with E-state index in [2.05, 4.69) is 18.7 Å². The summed E-state index contributed by atoms with van der Waals surface area (Å²) in [7, 11) is 0. The Morgan fingerprint density at radius 1 is 1.15 bits per heavy atom. The highest BCUT2D eigenvalue weighted by Crippen LogP contribution is 2.40. The Morgan fingerprint density at radius 2 is 1.75 bits per heavy atom. The Hall–Kier alpha value is -1.10. The van der Waals surface area contributed by atoms with Gasteiger partial charge in [-0.15, -0.1) is 0 Å². The van der Waals surface area contributed by atoms with Gasteiger partial charge in [0.05, 0.1) is 11.8 Å². The van der Waals surface area contributed by atoms with Crippen molar-refractivity contribution in [3.05, 3.63) is 0 Å². The first-order chi connectivity index (χ1) is 9.56. The summed E-state index contributed by atoms with van der Waals surface area (Å²) in [6, 6.07) is 0. The van der Waals surface area contributed by atoms with Crippen molar-refractivity contribution >= 4 is 11.9 Å². The van der Waals surface area contributed by atoms with E-state index in [0.717, 1.165) is 45.6 Å². The van der Waals surface area contributed by atoms with Crippen molar-refractivity contribution in [2.24, 2.45) is 17.8 Å². The molecule has 5 heteroatoms. The van der Waals surface area contributed by atoms with Crippen LogP contribution in [0.4, 0.5) is 0 Å². The molecule has 1 aliphatic heterocycles. The van der Waals surface area contributed by atoms with Gasteiger partial charge in [-0.2, -0.15) is 0 Å². The Bertz CT molecular complexity index is 360. The lowest BCUT2D eigenvalue weighted by Gasteiger charge is -2.34. The number of nitrogens with zero attached hydrogens (tertiary/aromatic N) is 2. The molecule has 1 saturated carbocycles. The molecule has 1 N–H and O–H groups in total. The number of likely N-dealkylation sites (tertiary alicyclic amines) is 1. The first-order valence-electron chi connectivity index (χ1n) is 7.80. The number of hydrogen-bond acceptors (Lipinski definition) is 3. The van der Waals surface area contributed by atoms with E-state index in [1.807, 2.05) is 4.90 Å². The molecule has 5 nitrogen and oxygen atoms in total. The topological polar surface area (TPSA) is 60.9 Å². The van der Waals surface area contributed by atoms with Crippen LogP contribution in [0.15, 0.2) is 0 Å². The van der Waals surface area contributed by atoms with Crippen LogP contribution in [-0.4, -0.2) is 59.5 Å². The third-order valence-electron chi connectivity index (χ3n) is 4.76. The van der Waals surface area contributed by atoms with Gasteiger partial charge in [-0.1, -0.05) is 13.8 Å². The average Bonchev–Trinajstić information content (AvgIpc) is 3.25. The predicted octanol–water partition coefficient (Wildman–Crippen LogP) is 1.29. The maximum Gasteiger partial charge on any atom is 0.307 e. The highest BCUT2D eigenvalue weighted by molar-refractivity contribution is 5.89. The molecule has 0 spiro atoms. The number of hydrogen-bond donors (Lipinski definition) is 1. The smallest absolute Gasteiger partial charge is 0.307 e. The zero-order valence-corrected chi connectivity index (χ0v) is 12.5. The lowest BCUT2D eigenvalue weighted by molar-refractivity contribution is -0.142. The third kappa shape index (κ3) is 3.51. The van der Waals surface area contributed by atoms with E-state index in [0.29, 0.717) is 12.3 Å². The molecule has 114 valence electrons. The third-order valence-corrected chi connectivity index (χ3v) is 4.76. The van der Waals surface area contributed by atoms with E-state index in [-0.39, 0.29) is 11.8 Å². The number of amides is 1. The van der Waals surface area contributed by atoms with Gasteiger partial charge < -0.3 is 14.9 Å². The summed E-state index contributed by atoms with van der Waals surface area (Å²) in [6.45, 7) is 9.25. The zero-order chi connectivity index (χ0) is 14.7. The number of aliphatic carboxylic acids is 1. The molecular weight excluding hydrogens is 256 g/mol. The van der Waals surface area contributed by atoms with E-state index < -0.39 is 11.9 Å². The van der Waals surface area contributed by atoms with Crippen molar-refractivity contribution in [2.45, 2.75) is 33.1 Å². The highest BCUT2D eigenvalue weighted by atomic mass is 16.4. The minimum atomic E-state index is -0.820.